The number of benzene rings is 2. The second-order valence-electron chi connectivity index (χ2n) is 7.96. The number of aryl methyl sites for hydroxylation is 2. The molecule has 0 aliphatic carbocycles. The van der Waals surface area contributed by atoms with Crippen LogP contribution in [0.5, 0.6) is 0 Å². The van der Waals surface area contributed by atoms with Gasteiger partial charge in [0.05, 0.1) is 0 Å². The van der Waals surface area contributed by atoms with Crippen LogP contribution < -0.4 is 10.7 Å². The summed E-state index contributed by atoms with van der Waals surface area (Å²) in [6, 6.07) is 17.2. The molecule has 0 unspecified atom stereocenters. The summed E-state index contributed by atoms with van der Waals surface area (Å²) in [6.45, 7) is 16.2. The van der Waals surface area contributed by atoms with E-state index in [1.807, 2.05) is 0 Å². The van der Waals surface area contributed by atoms with Gasteiger partial charge in [0.15, 0.2) is 0 Å². The minimum absolute atomic E-state index is 0.914. The largest absolute Gasteiger partial charge is 0.355 e. The first-order valence-corrected chi connectivity index (χ1v) is 10.8. The van der Waals surface area contributed by atoms with Gasteiger partial charge in [-0.1, -0.05) is 75.0 Å². The van der Waals surface area contributed by atoms with Crippen LogP contribution in [0.4, 0.5) is 0 Å². The fourth-order valence-electron chi connectivity index (χ4n) is 4.47. The number of fused-ring (bicyclic) bond motifs is 1. The van der Waals surface area contributed by atoms with Crippen LogP contribution in [0.15, 0.2) is 60.8 Å². The number of allylic oxidation sites excluding steroid dienone is 1. The predicted octanol–water partition coefficient (Wildman–Crippen LogP) is 6.02. The van der Waals surface area contributed by atoms with E-state index in [0.29, 0.717) is 0 Å². The fourth-order valence-corrected chi connectivity index (χ4v) is 4.47. The summed E-state index contributed by atoms with van der Waals surface area (Å²) in [5.74, 6) is 0. The monoisotopic (exact) mass is 394 g/mol. The van der Waals surface area contributed by atoms with Gasteiger partial charge in [-0.3, -0.25) is 0 Å². The molecule has 0 radical (unpaired) electrons. The summed E-state index contributed by atoms with van der Waals surface area (Å²) in [7, 11) is 0. The molecule has 1 N–H and O–H groups in total. The minimum Gasteiger partial charge on any atom is -0.355 e. The maximum Gasteiger partial charge on any atom is 0.0486 e. The Morgan fingerprint density at radius 1 is 1.03 bits per heavy atom. The van der Waals surface area contributed by atoms with Crippen molar-refractivity contribution in [1.82, 2.24) is 9.55 Å². The predicted molar refractivity (Wildman–Crippen MR) is 131 cm³/mol. The second kappa shape index (κ2) is 8.23. The third-order valence-electron chi connectivity index (χ3n) is 5.96. The lowest BCUT2D eigenvalue weighted by molar-refractivity contribution is 0.650. The van der Waals surface area contributed by atoms with E-state index in [4.69, 9.17) is 0 Å². The van der Waals surface area contributed by atoms with Crippen LogP contribution in [0.1, 0.15) is 43.4 Å². The van der Waals surface area contributed by atoms with Crippen molar-refractivity contribution >= 4 is 29.6 Å². The van der Waals surface area contributed by atoms with E-state index in [0.717, 1.165) is 28.4 Å². The zero-order valence-corrected chi connectivity index (χ0v) is 18.3. The van der Waals surface area contributed by atoms with Crippen LogP contribution in [0.3, 0.4) is 0 Å². The first kappa shape index (κ1) is 20.0. The van der Waals surface area contributed by atoms with Crippen LogP contribution in [0.2, 0.25) is 0 Å². The van der Waals surface area contributed by atoms with E-state index in [-0.39, 0.29) is 0 Å². The van der Waals surface area contributed by atoms with Crippen molar-refractivity contribution in [2.24, 2.45) is 0 Å². The molecule has 4 aromatic rings. The second-order valence-corrected chi connectivity index (χ2v) is 7.96. The molecule has 0 spiro atoms. The first-order valence-electron chi connectivity index (χ1n) is 10.8. The summed E-state index contributed by atoms with van der Waals surface area (Å²) < 4.78 is 2.39. The normalized spacial score (nSPS) is 12.0. The molecule has 2 aromatic carbocycles. The number of aromatic nitrogens is 2. The molecule has 0 fully saturated rings. The fraction of sp³-hybridized carbons (Fsp3) is 0.214. The van der Waals surface area contributed by atoms with Gasteiger partial charge in [-0.15, -0.1) is 0 Å². The van der Waals surface area contributed by atoms with Gasteiger partial charge in [-0.25, -0.2) is 0 Å². The number of rotatable bonds is 6. The molecule has 0 aliphatic heterocycles. The molecule has 2 heterocycles. The van der Waals surface area contributed by atoms with Gasteiger partial charge in [0.25, 0.3) is 0 Å². The van der Waals surface area contributed by atoms with Crippen molar-refractivity contribution in [3.8, 4) is 11.1 Å². The molecule has 2 heteroatoms. The Bertz CT molecular complexity index is 1330. The van der Waals surface area contributed by atoms with Crippen LogP contribution in [0, 0.1) is 6.92 Å². The van der Waals surface area contributed by atoms with E-state index in [1.54, 1.807) is 0 Å². The SMILES string of the molecule is C=c1[nH]c(=C)c(-c2cn(CCCC)c3ccccc23)c1/C(=C/C)c1ccccc1C. The van der Waals surface area contributed by atoms with Gasteiger partial charge in [0.2, 0.25) is 0 Å². The van der Waals surface area contributed by atoms with E-state index < -0.39 is 0 Å². The van der Waals surface area contributed by atoms with Crippen molar-refractivity contribution in [3.63, 3.8) is 0 Å². The molecule has 2 aromatic heterocycles. The highest BCUT2D eigenvalue weighted by molar-refractivity contribution is 6.00. The van der Waals surface area contributed by atoms with Crippen LogP contribution in [0.25, 0.3) is 40.8 Å². The molecule has 0 bridgehead atoms. The Labute approximate surface area is 178 Å². The number of para-hydroxylation sites is 1. The van der Waals surface area contributed by atoms with Crippen molar-refractivity contribution < 1.29 is 0 Å². The molecule has 0 saturated heterocycles. The number of hydrogen-bond donors (Lipinski definition) is 1. The summed E-state index contributed by atoms with van der Waals surface area (Å²) in [5, 5.41) is 3.09. The van der Waals surface area contributed by atoms with E-state index in [9.17, 15) is 0 Å². The van der Waals surface area contributed by atoms with Gasteiger partial charge in [0.1, 0.15) is 0 Å². The number of aromatic amines is 1. The number of H-pyrrole nitrogens is 1. The molecular formula is C28H30N2. The standard InChI is InChI=1S/C28H30N2/c1-6-8-17-30-18-25(24-15-11-12-16-26(24)30)28-21(5)29-20(4)27(28)22(7-2)23-14-10-9-13-19(23)3/h7,9-16,18,29H,4-6,8,17H2,1-3H3/b22-7+. The topological polar surface area (TPSA) is 20.7 Å². The number of nitrogens with zero attached hydrogens (tertiary/aromatic N) is 1. The van der Waals surface area contributed by atoms with Crippen LogP contribution in [-0.2, 0) is 6.54 Å². The average Bonchev–Trinajstić information content (AvgIpc) is 3.25. The molecular weight excluding hydrogens is 364 g/mol. The molecule has 0 atom stereocenters. The third kappa shape index (κ3) is 3.33. The highest BCUT2D eigenvalue weighted by Gasteiger charge is 2.20. The van der Waals surface area contributed by atoms with Crippen LogP contribution >= 0.6 is 0 Å². The Balaban J connectivity index is 2.00. The third-order valence-corrected chi connectivity index (χ3v) is 5.96. The van der Waals surface area contributed by atoms with Crippen molar-refractivity contribution in [3.05, 3.63) is 88.2 Å². The van der Waals surface area contributed by atoms with Gasteiger partial charge >= 0.3 is 0 Å². The smallest absolute Gasteiger partial charge is 0.0486 e. The van der Waals surface area contributed by atoms with Crippen molar-refractivity contribution in [1.29, 1.82) is 0 Å². The van der Waals surface area contributed by atoms with Crippen LogP contribution in [-0.4, -0.2) is 9.55 Å². The van der Waals surface area contributed by atoms with E-state index in [2.05, 4.69) is 104 Å². The Morgan fingerprint density at radius 3 is 2.50 bits per heavy atom. The van der Waals surface area contributed by atoms with E-state index in [1.165, 1.54) is 46.0 Å². The molecule has 152 valence electrons. The molecule has 0 amide bonds. The quantitative estimate of drug-likeness (QED) is 0.413. The summed E-state index contributed by atoms with van der Waals surface area (Å²) in [4.78, 5) is 3.42. The minimum atomic E-state index is 0.914. The van der Waals surface area contributed by atoms with Gasteiger partial charge < -0.3 is 9.55 Å². The number of unbranched alkanes of at least 4 members (excludes halogenated alkanes) is 1. The highest BCUT2D eigenvalue weighted by Crippen LogP contribution is 2.35. The molecule has 2 nitrogen and oxygen atoms in total. The number of hydrogen-bond acceptors (Lipinski definition) is 0. The van der Waals surface area contributed by atoms with Crippen molar-refractivity contribution in [2.75, 3.05) is 0 Å². The molecule has 30 heavy (non-hydrogen) atoms. The lowest BCUT2D eigenvalue weighted by atomic mass is 9.90. The van der Waals surface area contributed by atoms with E-state index >= 15 is 0 Å². The first-order chi connectivity index (χ1) is 14.6. The summed E-state index contributed by atoms with van der Waals surface area (Å²) >= 11 is 0. The maximum atomic E-state index is 4.36. The Kier molecular flexibility index (Phi) is 5.50. The highest BCUT2D eigenvalue weighted by atomic mass is 15.0. The van der Waals surface area contributed by atoms with Gasteiger partial charge in [0, 0.05) is 51.0 Å². The van der Waals surface area contributed by atoms with Gasteiger partial charge in [-0.05, 0) is 43.0 Å². The molecule has 0 saturated carbocycles. The zero-order valence-electron chi connectivity index (χ0n) is 18.3. The lowest BCUT2D eigenvalue weighted by Gasteiger charge is -2.12. The molecule has 4 rings (SSSR count). The summed E-state index contributed by atoms with van der Waals surface area (Å²) in [6.07, 6.45) is 6.84. The zero-order chi connectivity index (χ0) is 21.3. The maximum absolute atomic E-state index is 4.36. The lowest BCUT2D eigenvalue weighted by Crippen LogP contribution is -2.08. The summed E-state index contributed by atoms with van der Waals surface area (Å²) in [5.41, 5.74) is 8.49. The Hall–Kier alpha value is -3.26. The molecule has 0 aliphatic rings. The Morgan fingerprint density at radius 2 is 1.77 bits per heavy atom. The number of nitrogens with one attached hydrogen (secondary N) is 1. The van der Waals surface area contributed by atoms with Gasteiger partial charge in [-0.2, -0.15) is 0 Å². The van der Waals surface area contributed by atoms with Crippen molar-refractivity contribution in [2.45, 2.75) is 40.2 Å². The average molecular weight is 395 g/mol.